The van der Waals surface area contributed by atoms with E-state index in [0.717, 1.165) is 0 Å². The fraction of sp³-hybridized carbons (Fsp3) is 1.00. The summed E-state index contributed by atoms with van der Waals surface area (Å²) in [7, 11) is 0.500. The van der Waals surface area contributed by atoms with Crippen LogP contribution in [-0.2, 0) is 0 Å². The molecule has 0 aliphatic heterocycles. The van der Waals surface area contributed by atoms with Crippen LogP contribution in [0.4, 0.5) is 13.2 Å². The lowest BCUT2D eigenvalue weighted by Gasteiger charge is -1.93. The summed E-state index contributed by atoms with van der Waals surface area (Å²) in [4.78, 5) is 0. The van der Waals surface area contributed by atoms with Crippen LogP contribution in [-0.4, -0.2) is 20.5 Å². The lowest BCUT2D eigenvalue weighted by atomic mass is 10.2. The van der Waals surface area contributed by atoms with E-state index in [9.17, 15) is 13.2 Å². The molecule has 0 unspecified atom stereocenters. The largest absolute Gasteiger partial charge is 0.255 e. The highest BCUT2D eigenvalue weighted by atomic mass is 19.1. The summed E-state index contributed by atoms with van der Waals surface area (Å²) in [5.74, 6) is 0.523. The van der Waals surface area contributed by atoms with E-state index in [-0.39, 0.29) is 13.3 Å². The predicted molar refractivity (Wildman–Crippen MR) is 44.1 cm³/mol. The fourth-order valence-electron chi connectivity index (χ4n) is 0.218. The van der Waals surface area contributed by atoms with Gasteiger partial charge >= 0.3 is 0 Å². The molecular formula is C8H19F3. The van der Waals surface area contributed by atoms with E-state index in [4.69, 9.17) is 0 Å². The van der Waals surface area contributed by atoms with Crippen molar-refractivity contribution in [2.45, 2.75) is 27.2 Å². The van der Waals surface area contributed by atoms with Gasteiger partial charge in [-0.15, -0.1) is 0 Å². The van der Waals surface area contributed by atoms with Gasteiger partial charge in [0.15, 0.2) is 0 Å². The molecule has 0 aromatic carbocycles. The molecule has 0 N–H and O–H groups in total. The minimum Gasteiger partial charge on any atom is -0.255 e. The molecule has 0 heterocycles. The van der Waals surface area contributed by atoms with Crippen LogP contribution in [0.5, 0.6) is 0 Å². The summed E-state index contributed by atoms with van der Waals surface area (Å²) in [6, 6.07) is 0. The van der Waals surface area contributed by atoms with E-state index in [1.807, 2.05) is 13.8 Å². The van der Waals surface area contributed by atoms with Crippen molar-refractivity contribution in [3.8, 4) is 0 Å². The Morgan fingerprint density at radius 1 is 1.09 bits per heavy atom. The van der Waals surface area contributed by atoms with Gasteiger partial charge in [0, 0.05) is 0 Å². The normalized spacial score (nSPS) is 7.64. The Balaban J connectivity index is -0.000000109. The van der Waals surface area contributed by atoms with E-state index in [1.165, 1.54) is 6.92 Å². The van der Waals surface area contributed by atoms with Gasteiger partial charge in [0.1, 0.15) is 0 Å². The molecule has 0 fully saturated rings. The molecule has 0 nitrogen and oxygen atoms in total. The monoisotopic (exact) mass is 172 g/mol. The first-order valence-electron chi connectivity index (χ1n) is 3.68. The first kappa shape index (κ1) is 17.0. The highest BCUT2D eigenvalue weighted by Gasteiger charge is 1.87. The topological polar surface area (TPSA) is 0 Å². The van der Waals surface area contributed by atoms with Crippen molar-refractivity contribution in [1.29, 1.82) is 0 Å². The van der Waals surface area contributed by atoms with Crippen molar-refractivity contribution in [2.75, 3.05) is 20.5 Å². The van der Waals surface area contributed by atoms with Gasteiger partial charge in [-0.1, -0.05) is 13.8 Å². The Labute approximate surface area is 67.8 Å². The predicted octanol–water partition coefficient (Wildman–Crippen LogP) is 3.56. The lowest BCUT2D eigenvalue weighted by Crippen LogP contribution is -1.85. The van der Waals surface area contributed by atoms with Crippen LogP contribution in [0, 0.1) is 5.92 Å². The molecule has 0 saturated carbocycles. The molecule has 0 aromatic rings. The molecule has 0 saturated heterocycles. The minimum atomic E-state index is -0.250. The maximum Gasteiger partial charge on any atom is 0.0896 e. The van der Waals surface area contributed by atoms with Gasteiger partial charge < -0.3 is 0 Å². The standard InChI is InChI=1S/C5H11F.C2H5F.CH3F/c1-5(2)3-4-6;1-2-3;1-2/h5H,3-4H2,1-2H3;2H2,1H3;1H3. The summed E-state index contributed by atoms with van der Waals surface area (Å²) >= 11 is 0. The molecule has 11 heavy (non-hydrogen) atoms. The van der Waals surface area contributed by atoms with Crippen LogP contribution in [0.2, 0.25) is 0 Å². The zero-order valence-electron chi connectivity index (χ0n) is 7.83. The molecule has 0 spiro atoms. The molecular weight excluding hydrogens is 153 g/mol. The molecule has 0 aliphatic rings. The van der Waals surface area contributed by atoms with Crippen LogP contribution >= 0.6 is 0 Å². The molecule has 72 valence electrons. The average Bonchev–Trinajstić information content (AvgIpc) is 1.93. The van der Waals surface area contributed by atoms with Gasteiger partial charge in [-0.05, 0) is 19.3 Å². The molecule has 0 rings (SSSR count). The highest BCUT2D eigenvalue weighted by Crippen LogP contribution is 1.97. The number of alkyl halides is 3. The molecule has 0 aliphatic carbocycles. The average molecular weight is 172 g/mol. The maximum absolute atomic E-state index is 11.2. The SMILES string of the molecule is CC(C)CCF.CCF.CF. The second-order valence-corrected chi connectivity index (χ2v) is 2.14. The Morgan fingerprint density at radius 3 is 1.36 bits per heavy atom. The Bertz CT molecular complexity index is 38.3. The molecule has 3 heteroatoms. The number of hydrogen-bond acceptors (Lipinski definition) is 0. The smallest absolute Gasteiger partial charge is 0.0896 e. The summed E-state index contributed by atoms with van der Waals surface area (Å²) in [5.41, 5.74) is 0. The first-order chi connectivity index (χ1) is 5.18. The Morgan fingerprint density at radius 2 is 1.36 bits per heavy atom. The van der Waals surface area contributed by atoms with Crippen molar-refractivity contribution >= 4 is 0 Å². The van der Waals surface area contributed by atoms with Crippen molar-refractivity contribution in [1.82, 2.24) is 0 Å². The van der Waals surface area contributed by atoms with Crippen LogP contribution in [0.15, 0.2) is 0 Å². The highest BCUT2D eigenvalue weighted by molar-refractivity contribution is 4.39. The van der Waals surface area contributed by atoms with E-state index in [1.54, 1.807) is 0 Å². The molecule has 0 radical (unpaired) electrons. The summed E-state index contributed by atoms with van der Waals surface area (Å²) in [6.07, 6.45) is 0.708. The summed E-state index contributed by atoms with van der Waals surface area (Å²) < 4.78 is 31.0. The van der Waals surface area contributed by atoms with E-state index < -0.39 is 0 Å². The third kappa shape index (κ3) is 76.3. The van der Waals surface area contributed by atoms with Crippen LogP contribution in [0.25, 0.3) is 0 Å². The zero-order valence-corrected chi connectivity index (χ0v) is 7.83. The maximum atomic E-state index is 11.2. The number of halogens is 3. The van der Waals surface area contributed by atoms with Gasteiger partial charge in [-0.2, -0.15) is 0 Å². The number of rotatable bonds is 2. The first-order valence-corrected chi connectivity index (χ1v) is 3.68. The van der Waals surface area contributed by atoms with Gasteiger partial charge in [-0.25, -0.2) is 0 Å². The molecule has 0 atom stereocenters. The minimum absolute atomic E-state index is 0.169. The van der Waals surface area contributed by atoms with Crippen molar-refractivity contribution < 1.29 is 13.2 Å². The van der Waals surface area contributed by atoms with Crippen LogP contribution in [0.3, 0.4) is 0 Å². The second-order valence-electron chi connectivity index (χ2n) is 2.14. The lowest BCUT2D eigenvalue weighted by molar-refractivity contribution is 0.420. The van der Waals surface area contributed by atoms with E-state index in [0.29, 0.717) is 19.5 Å². The third-order valence-corrected chi connectivity index (χ3v) is 0.686. The molecule has 0 amide bonds. The fourth-order valence-corrected chi connectivity index (χ4v) is 0.218. The van der Waals surface area contributed by atoms with Crippen LogP contribution < -0.4 is 0 Å². The van der Waals surface area contributed by atoms with Gasteiger partial charge in [0.2, 0.25) is 0 Å². The van der Waals surface area contributed by atoms with E-state index >= 15 is 0 Å². The Hall–Kier alpha value is -0.210. The number of hydrogen-bond donors (Lipinski definition) is 0. The summed E-state index contributed by atoms with van der Waals surface area (Å²) in [5, 5.41) is 0. The van der Waals surface area contributed by atoms with Gasteiger partial charge in [0.05, 0.1) is 20.5 Å². The van der Waals surface area contributed by atoms with Crippen molar-refractivity contribution in [2.24, 2.45) is 5.92 Å². The van der Waals surface area contributed by atoms with E-state index in [2.05, 4.69) is 0 Å². The molecule has 0 aromatic heterocycles. The van der Waals surface area contributed by atoms with Gasteiger partial charge in [0.25, 0.3) is 0 Å². The zero-order chi connectivity index (χ0) is 9.70. The second kappa shape index (κ2) is 22.6. The quantitative estimate of drug-likeness (QED) is 0.597. The summed E-state index contributed by atoms with van der Waals surface area (Å²) in [6.45, 7) is 5.07. The Kier molecular flexibility index (Phi) is 35.0. The van der Waals surface area contributed by atoms with Crippen molar-refractivity contribution in [3.63, 3.8) is 0 Å². The van der Waals surface area contributed by atoms with Crippen molar-refractivity contribution in [3.05, 3.63) is 0 Å². The van der Waals surface area contributed by atoms with Gasteiger partial charge in [-0.3, -0.25) is 13.2 Å². The molecule has 0 bridgehead atoms. The third-order valence-electron chi connectivity index (χ3n) is 0.686. The van der Waals surface area contributed by atoms with Crippen LogP contribution in [0.1, 0.15) is 27.2 Å².